The fourth-order valence-electron chi connectivity index (χ4n) is 3.64. The maximum Gasteiger partial charge on any atom is 0.270 e. The highest BCUT2D eigenvalue weighted by molar-refractivity contribution is 5.92. The van der Waals surface area contributed by atoms with E-state index in [4.69, 9.17) is 9.84 Å². The van der Waals surface area contributed by atoms with Gasteiger partial charge in [-0.25, -0.2) is 4.98 Å². The molecule has 2 aromatic heterocycles. The van der Waals surface area contributed by atoms with Crippen molar-refractivity contribution in [2.75, 3.05) is 26.3 Å². The smallest absolute Gasteiger partial charge is 0.270 e. The van der Waals surface area contributed by atoms with E-state index in [0.717, 1.165) is 19.5 Å². The molecule has 3 atom stereocenters. The Morgan fingerprint density at radius 3 is 2.96 bits per heavy atom. The van der Waals surface area contributed by atoms with Crippen molar-refractivity contribution >= 4 is 5.91 Å². The minimum absolute atomic E-state index is 0.0735. The SMILES string of the molecule is O=C(N[C@@H]1C[C@H]2CO[C@@H](CCO)CN2C1)c1cccc(-n2cnnc2)n1. The van der Waals surface area contributed by atoms with Gasteiger partial charge >= 0.3 is 0 Å². The summed E-state index contributed by atoms with van der Waals surface area (Å²) in [7, 11) is 0. The second-order valence-electron chi connectivity index (χ2n) is 6.73. The number of carbonyl (C=O) groups is 1. The number of pyridine rings is 1. The van der Waals surface area contributed by atoms with Crippen LogP contribution in [0.25, 0.3) is 5.82 Å². The van der Waals surface area contributed by atoms with Crippen LogP contribution < -0.4 is 5.32 Å². The van der Waals surface area contributed by atoms with Crippen LogP contribution in [0.5, 0.6) is 0 Å². The maximum atomic E-state index is 12.6. The lowest BCUT2D eigenvalue weighted by atomic mass is 10.1. The number of amides is 1. The quantitative estimate of drug-likeness (QED) is 0.750. The van der Waals surface area contributed by atoms with Gasteiger partial charge in [0.25, 0.3) is 5.91 Å². The molecular weight excluding hydrogens is 336 g/mol. The van der Waals surface area contributed by atoms with E-state index in [1.54, 1.807) is 35.4 Å². The van der Waals surface area contributed by atoms with Gasteiger partial charge in [-0.1, -0.05) is 6.07 Å². The number of hydrogen-bond donors (Lipinski definition) is 2. The molecule has 2 aliphatic rings. The molecule has 2 aliphatic heterocycles. The number of aliphatic hydroxyl groups excluding tert-OH is 1. The zero-order valence-electron chi connectivity index (χ0n) is 14.4. The predicted molar refractivity (Wildman–Crippen MR) is 91.8 cm³/mol. The monoisotopic (exact) mass is 358 g/mol. The third kappa shape index (κ3) is 3.59. The Bertz CT molecular complexity index is 753. The molecule has 0 unspecified atom stereocenters. The third-order valence-electron chi connectivity index (χ3n) is 4.93. The second kappa shape index (κ2) is 7.48. The van der Waals surface area contributed by atoms with Crippen LogP contribution in [0.3, 0.4) is 0 Å². The molecule has 9 nitrogen and oxygen atoms in total. The molecule has 138 valence electrons. The van der Waals surface area contributed by atoms with E-state index in [9.17, 15) is 4.79 Å². The van der Waals surface area contributed by atoms with Gasteiger partial charge in [0.1, 0.15) is 24.2 Å². The van der Waals surface area contributed by atoms with Crippen LogP contribution in [0, 0.1) is 0 Å². The number of aliphatic hydroxyl groups is 1. The van der Waals surface area contributed by atoms with Crippen molar-refractivity contribution in [3.63, 3.8) is 0 Å². The minimum atomic E-state index is -0.183. The van der Waals surface area contributed by atoms with Gasteiger partial charge in [0, 0.05) is 31.8 Å². The van der Waals surface area contributed by atoms with Gasteiger partial charge in [0.2, 0.25) is 0 Å². The van der Waals surface area contributed by atoms with Crippen LogP contribution in [-0.4, -0.2) is 80.2 Å². The van der Waals surface area contributed by atoms with Crippen molar-refractivity contribution in [2.24, 2.45) is 0 Å². The predicted octanol–water partition coefficient (Wildman–Crippen LogP) is -0.384. The molecule has 1 amide bonds. The Morgan fingerprint density at radius 1 is 1.31 bits per heavy atom. The Labute approximate surface area is 151 Å². The van der Waals surface area contributed by atoms with E-state index in [2.05, 4.69) is 25.4 Å². The third-order valence-corrected chi connectivity index (χ3v) is 4.93. The summed E-state index contributed by atoms with van der Waals surface area (Å²) in [5, 5.41) is 19.7. The lowest BCUT2D eigenvalue weighted by molar-refractivity contribution is -0.0566. The minimum Gasteiger partial charge on any atom is -0.396 e. The number of nitrogens with zero attached hydrogens (tertiary/aromatic N) is 5. The number of morpholine rings is 1. The number of nitrogens with one attached hydrogen (secondary N) is 1. The van der Waals surface area contributed by atoms with Gasteiger partial charge in [-0.3, -0.25) is 14.3 Å². The largest absolute Gasteiger partial charge is 0.396 e. The highest BCUT2D eigenvalue weighted by atomic mass is 16.5. The van der Waals surface area contributed by atoms with Gasteiger partial charge < -0.3 is 15.2 Å². The van der Waals surface area contributed by atoms with Crippen LogP contribution in [0.4, 0.5) is 0 Å². The van der Waals surface area contributed by atoms with E-state index < -0.39 is 0 Å². The Morgan fingerprint density at radius 2 is 2.15 bits per heavy atom. The van der Waals surface area contributed by atoms with E-state index in [-0.39, 0.29) is 24.7 Å². The van der Waals surface area contributed by atoms with Crippen molar-refractivity contribution in [3.05, 3.63) is 36.5 Å². The highest BCUT2D eigenvalue weighted by Crippen LogP contribution is 2.24. The average molecular weight is 358 g/mol. The van der Waals surface area contributed by atoms with E-state index in [1.807, 2.05) is 0 Å². The van der Waals surface area contributed by atoms with Crippen molar-refractivity contribution in [1.82, 2.24) is 30.0 Å². The van der Waals surface area contributed by atoms with Crippen LogP contribution in [0.15, 0.2) is 30.9 Å². The topological polar surface area (TPSA) is 105 Å². The molecule has 0 aliphatic carbocycles. The van der Waals surface area contributed by atoms with Crippen LogP contribution in [-0.2, 0) is 4.74 Å². The summed E-state index contributed by atoms with van der Waals surface area (Å²) in [6.45, 7) is 2.39. The lowest BCUT2D eigenvalue weighted by Gasteiger charge is -2.34. The first-order chi connectivity index (χ1) is 12.7. The van der Waals surface area contributed by atoms with Crippen molar-refractivity contribution in [1.29, 1.82) is 0 Å². The summed E-state index contributed by atoms with van der Waals surface area (Å²) in [5.74, 6) is 0.421. The molecule has 2 fully saturated rings. The Balaban J connectivity index is 1.38. The summed E-state index contributed by atoms with van der Waals surface area (Å²) in [6.07, 6.45) is 4.68. The maximum absolute atomic E-state index is 12.6. The van der Waals surface area contributed by atoms with Crippen molar-refractivity contribution in [2.45, 2.75) is 31.0 Å². The number of rotatable bonds is 5. The second-order valence-corrected chi connectivity index (χ2v) is 6.73. The lowest BCUT2D eigenvalue weighted by Crippen LogP contribution is -2.46. The molecule has 4 rings (SSSR count). The number of carbonyl (C=O) groups excluding carboxylic acids is 1. The van der Waals surface area contributed by atoms with Gasteiger partial charge in [-0.15, -0.1) is 10.2 Å². The van der Waals surface area contributed by atoms with E-state index in [1.165, 1.54) is 0 Å². The molecule has 9 heteroatoms. The molecule has 2 aromatic rings. The van der Waals surface area contributed by atoms with Gasteiger partial charge in [0.15, 0.2) is 0 Å². The highest BCUT2D eigenvalue weighted by Gasteiger charge is 2.37. The molecule has 26 heavy (non-hydrogen) atoms. The first kappa shape index (κ1) is 17.1. The summed E-state index contributed by atoms with van der Waals surface area (Å²) in [4.78, 5) is 19.3. The standard InChI is InChI=1S/C17H22N6O3/c24-5-4-14-8-22-7-12(6-13(22)9-26-14)20-17(25)15-2-1-3-16(21-15)23-10-18-19-11-23/h1-3,10-14,24H,4-9H2,(H,20,25)/t12-,13+,14+/m1/s1. The Kier molecular flexibility index (Phi) is 4.91. The number of fused-ring (bicyclic) bond motifs is 1. The molecule has 2 saturated heterocycles. The molecule has 0 bridgehead atoms. The fourth-order valence-corrected chi connectivity index (χ4v) is 3.64. The van der Waals surface area contributed by atoms with Gasteiger partial charge in [-0.05, 0) is 25.0 Å². The molecular formula is C17H22N6O3. The van der Waals surface area contributed by atoms with Gasteiger partial charge in [-0.2, -0.15) is 0 Å². The first-order valence-electron chi connectivity index (χ1n) is 8.82. The summed E-state index contributed by atoms with van der Waals surface area (Å²) >= 11 is 0. The number of aromatic nitrogens is 4. The summed E-state index contributed by atoms with van der Waals surface area (Å²) in [5.41, 5.74) is 0.371. The van der Waals surface area contributed by atoms with Gasteiger partial charge in [0.05, 0.1) is 12.7 Å². The molecule has 0 spiro atoms. The molecule has 0 saturated carbocycles. The van der Waals surface area contributed by atoms with E-state index >= 15 is 0 Å². The zero-order chi connectivity index (χ0) is 17.9. The molecule has 4 heterocycles. The normalized spacial score (nSPS) is 25.8. The molecule has 0 aromatic carbocycles. The molecule has 0 radical (unpaired) electrons. The summed E-state index contributed by atoms with van der Waals surface area (Å²) < 4.78 is 7.44. The van der Waals surface area contributed by atoms with Crippen LogP contribution in [0.2, 0.25) is 0 Å². The fraction of sp³-hybridized carbons (Fsp3) is 0.529. The van der Waals surface area contributed by atoms with Crippen molar-refractivity contribution < 1.29 is 14.6 Å². The molecule has 2 N–H and O–H groups in total. The zero-order valence-corrected chi connectivity index (χ0v) is 14.4. The number of hydrogen-bond acceptors (Lipinski definition) is 7. The van der Waals surface area contributed by atoms with E-state index in [0.29, 0.717) is 30.6 Å². The first-order valence-corrected chi connectivity index (χ1v) is 8.82. The van der Waals surface area contributed by atoms with Crippen molar-refractivity contribution in [3.8, 4) is 5.82 Å². The van der Waals surface area contributed by atoms with Crippen LogP contribution in [0.1, 0.15) is 23.3 Å². The Hall–Kier alpha value is -2.36. The summed E-state index contributed by atoms with van der Waals surface area (Å²) in [6, 6.07) is 5.69. The number of ether oxygens (including phenoxy) is 1. The average Bonchev–Trinajstić information content (AvgIpc) is 3.31. The van der Waals surface area contributed by atoms with Crippen LogP contribution >= 0.6 is 0 Å².